The summed E-state index contributed by atoms with van der Waals surface area (Å²) in [5, 5.41) is 3.66. The van der Waals surface area contributed by atoms with E-state index >= 15 is 0 Å². The third-order valence-corrected chi connectivity index (χ3v) is 5.19. The molecule has 0 radical (unpaired) electrons. The van der Waals surface area contributed by atoms with E-state index in [0.29, 0.717) is 12.3 Å². The number of nitrogens with one attached hydrogen (secondary N) is 1. The van der Waals surface area contributed by atoms with Crippen molar-refractivity contribution in [2.24, 2.45) is 0 Å². The molecule has 2 rings (SSSR count). The van der Waals surface area contributed by atoms with E-state index < -0.39 is 6.10 Å². The lowest BCUT2D eigenvalue weighted by atomic mass is 10.0. The smallest absolute Gasteiger partial charge is 0.260 e. The summed E-state index contributed by atoms with van der Waals surface area (Å²) in [4.78, 5) is 11.9. The molecular weight excluding hydrogens is 301 g/mol. The van der Waals surface area contributed by atoms with E-state index in [0.717, 1.165) is 11.0 Å². The average molecular weight is 325 g/mol. The summed E-state index contributed by atoms with van der Waals surface area (Å²) in [6, 6.07) is 5.69. The van der Waals surface area contributed by atoms with Crippen LogP contribution in [-0.4, -0.2) is 29.6 Å². The molecule has 3 nitrogen and oxygen atoms in total. The maximum atomic E-state index is 12.8. The number of hydrogen-bond acceptors (Lipinski definition) is 3. The molecule has 1 saturated carbocycles. The van der Waals surface area contributed by atoms with E-state index in [4.69, 9.17) is 4.74 Å². The van der Waals surface area contributed by atoms with Gasteiger partial charge in [0.05, 0.1) is 0 Å². The van der Waals surface area contributed by atoms with Crippen LogP contribution in [0.3, 0.4) is 0 Å². The summed E-state index contributed by atoms with van der Waals surface area (Å²) in [5.41, 5.74) is 0. The van der Waals surface area contributed by atoms with Gasteiger partial charge in [-0.1, -0.05) is 19.3 Å². The number of benzene rings is 1. The maximum absolute atomic E-state index is 12.8. The minimum atomic E-state index is -0.579. The van der Waals surface area contributed by atoms with Gasteiger partial charge in [0.25, 0.3) is 5.91 Å². The van der Waals surface area contributed by atoms with Crippen molar-refractivity contribution >= 4 is 17.7 Å². The number of halogens is 1. The Balaban J connectivity index is 1.62. The molecule has 1 aromatic rings. The lowest BCUT2D eigenvalue weighted by Crippen LogP contribution is -2.37. The summed E-state index contributed by atoms with van der Waals surface area (Å²) >= 11 is 1.96. The predicted octanol–water partition coefficient (Wildman–Crippen LogP) is 3.78. The highest BCUT2D eigenvalue weighted by molar-refractivity contribution is 7.99. The molecule has 1 unspecified atom stereocenters. The van der Waals surface area contributed by atoms with Gasteiger partial charge in [-0.15, -0.1) is 0 Å². The van der Waals surface area contributed by atoms with E-state index in [-0.39, 0.29) is 11.7 Å². The molecule has 0 aliphatic heterocycles. The van der Waals surface area contributed by atoms with Gasteiger partial charge < -0.3 is 10.1 Å². The Kier molecular flexibility index (Phi) is 7.03. The van der Waals surface area contributed by atoms with Crippen LogP contribution in [0.15, 0.2) is 24.3 Å². The number of carbonyl (C=O) groups is 1. The summed E-state index contributed by atoms with van der Waals surface area (Å²) in [7, 11) is 0. The fraction of sp³-hybridized carbons (Fsp3) is 0.588. The van der Waals surface area contributed by atoms with Crippen LogP contribution in [0.2, 0.25) is 0 Å². The summed E-state index contributed by atoms with van der Waals surface area (Å²) in [5.74, 6) is 0.998. The Morgan fingerprint density at radius 1 is 1.32 bits per heavy atom. The number of carbonyl (C=O) groups excluding carboxylic acids is 1. The van der Waals surface area contributed by atoms with Crippen molar-refractivity contribution in [1.29, 1.82) is 0 Å². The Morgan fingerprint density at radius 2 is 2.00 bits per heavy atom. The molecule has 22 heavy (non-hydrogen) atoms. The second-order valence-corrected chi connectivity index (χ2v) is 7.04. The minimum Gasteiger partial charge on any atom is -0.481 e. The molecule has 1 fully saturated rings. The van der Waals surface area contributed by atoms with Gasteiger partial charge in [0.2, 0.25) is 0 Å². The van der Waals surface area contributed by atoms with Crippen LogP contribution < -0.4 is 10.1 Å². The third kappa shape index (κ3) is 5.87. The minimum absolute atomic E-state index is 0.131. The predicted molar refractivity (Wildman–Crippen MR) is 88.8 cm³/mol. The van der Waals surface area contributed by atoms with E-state index in [1.165, 1.54) is 56.4 Å². The van der Waals surface area contributed by atoms with Crippen LogP contribution in [0.5, 0.6) is 5.75 Å². The van der Waals surface area contributed by atoms with Crippen LogP contribution in [0, 0.1) is 5.82 Å². The largest absolute Gasteiger partial charge is 0.481 e. The zero-order chi connectivity index (χ0) is 15.8. The highest BCUT2D eigenvalue weighted by Crippen LogP contribution is 2.27. The van der Waals surface area contributed by atoms with Gasteiger partial charge >= 0.3 is 0 Å². The monoisotopic (exact) mass is 325 g/mol. The van der Waals surface area contributed by atoms with Gasteiger partial charge in [-0.05, 0) is 44.0 Å². The first-order valence-corrected chi connectivity index (χ1v) is 9.01. The van der Waals surface area contributed by atoms with Crippen LogP contribution in [-0.2, 0) is 4.79 Å². The molecule has 0 aromatic heterocycles. The van der Waals surface area contributed by atoms with Crippen molar-refractivity contribution in [2.45, 2.75) is 50.4 Å². The first-order valence-electron chi connectivity index (χ1n) is 7.96. The summed E-state index contributed by atoms with van der Waals surface area (Å²) in [6.45, 7) is 2.37. The first kappa shape index (κ1) is 17.1. The topological polar surface area (TPSA) is 38.3 Å². The normalized spacial score (nSPS) is 17.0. The Hall–Kier alpha value is -1.23. The molecule has 1 amide bonds. The van der Waals surface area contributed by atoms with Crippen molar-refractivity contribution in [3.05, 3.63) is 30.1 Å². The van der Waals surface area contributed by atoms with E-state index in [1.54, 1.807) is 6.92 Å². The maximum Gasteiger partial charge on any atom is 0.260 e. The standard InChI is InChI=1S/C17H24FNO2S/c1-13(21-15-9-7-14(18)8-10-15)17(20)19-11-12-22-16-5-3-2-4-6-16/h7-10,13,16H,2-6,11-12H2,1H3,(H,19,20). The van der Waals surface area contributed by atoms with E-state index in [1.807, 2.05) is 11.8 Å². The number of hydrogen-bond donors (Lipinski definition) is 1. The Labute approximate surface area is 136 Å². The van der Waals surface area contributed by atoms with Gasteiger partial charge in [-0.25, -0.2) is 4.39 Å². The molecule has 1 atom stereocenters. The molecule has 0 saturated heterocycles. The Bertz CT molecular complexity index is 460. The lowest BCUT2D eigenvalue weighted by Gasteiger charge is -2.21. The zero-order valence-corrected chi connectivity index (χ0v) is 13.8. The Morgan fingerprint density at radius 3 is 2.68 bits per heavy atom. The molecule has 122 valence electrons. The summed E-state index contributed by atoms with van der Waals surface area (Å²) in [6.07, 6.45) is 6.08. The molecule has 1 aliphatic rings. The van der Waals surface area contributed by atoms with Crippen molar-refractivity contribution in [3.8, 4) is 5.75 Å². The molecule has 1 aliphatic carbocycles. The van der Waals surface area contributed by atoms with E-state index in [2.05, 4.69) is 5.32 Å². The molecule has 0 bridgehead atoms. The van der Waals surface area contributed by atoms with Crippen molar-refractivity contribution in [2.75, 3.05) is 12.3 Å². The highest BCUT2D eigenvalue weighted by atomic mass is 32.2. The number of ether oxygens (including phenoxy) is 1. The molecule has 1 aromatic carbocycles. The molecule has 0 heterocycles. The fourth-order valence-electron chi connectivity index (χ4n) is 2.55. The van der Waals surface area contributed by atoms with Gasteiger partial charge in [0.15, 0.2) is 6.10 Å². The summed E-state index contributed by atoms with van der Waals surface area (Å²) < 4.78 is 18.3. The quantitative estimate of drug-likeness (QED) is 0.776. The number of rotatable bonds is 7. The van der Waals surface area contributed by atoms with Crippen LogP contribution in [0.1, 0.15) is 39.0 Å². The van der Waals surface area contributed by atoms with Gasteiger partial charge in [-0.3, -0.25) is 4.79 Å². The van der Waals surface area contributed by atoms with Gasteiger partial charge in [-0.2, -0.15) is 11.8 Å². The van der Waals surface area contributed by atoms with E-state index in [9.17, 15) is 9.18 Å². The number of amides is 1. The second-order valence-electron chi connectivity index (χ2n) is 5.64. The lowest BCUT2D eigenvalue weighted by molar-refractivity contribution is -0.127. The number of thioether (sulfide) groups is 1. The van der Waals surface area contributed by atoms with Crippen molar-refractivity contribution in [3.63, 3.8) is 0 Å². The second kappa shape index (κ2) is 9.03. The van der Waals surface area contributed by atoms with Crippen LogP contribution >= 0.6 is 11.8 Å². The fourth-order valence-corrected chi connectivity index (χ4v) is 3.77. The van der Waals surface area contributed by atoms with Crippen LogP contribution in [0.4, 0.5) is 4.39 Å². The third-order valence-electron chi connectivity index (χ3n) is 3.80. The van der Waals surface area contributed by atoms with Crippen molar-refractivity contribution < 1.29 is 13.9 Å². The SMILES string of the molecule is CC(Oc1ccc(F)cc1)C(=O)NCCSC1CCCCC1. The molecule has 0 spiro atoms. The van der Waals surface area contributed by atoms with Crippen LogP contribution in [0.25, 0.3) is 0 Å². The van der Waals surface area contributed by atoms with Gasteiger partial charge in [0, 0.05) is 17.5 Å². The molecule has 5 heteroatoms. The van der Waals surface area contributed by atoms with Gasteiger partial charge in [0.1, 0.15) is 11.6 Å². The molecule has 1 N–H and O–H groups in total. The molecular formula is C17H24FNO2S. The first-order chi connectivity index (χ1) is 10.6. The van der Waals surface area contributed by atoms with Crippen molar-refractivity contribution in [1.82, 2.24) is 5.32 Å². The zero-order valence-electron chi connectivity index (χ0n) is 13.0. The highest BCUT2D eigenvalue weighted by Gasteiger charge is 2.16. The average Bonchev–Trinajstić information content (AvgIpc) is 2.54.